The van der Waals surface area contributed by atoms with Gasteiger partial charge in [0.15, 0.2) is 0 Å². The van der Waals surface area contributed by atoms with Crippen LogP contribution in [0.15, 0.2) is 42.6 Å². The van der Waals surface area contributed by atoms with Gasteiger partial charge in [-0.25, -0.2) is 0 Å². The van der Waals surface area contributed by atoms with Gasteiger partial charge in [0, 0.05) is 12.8 Å². The largest absolute Gasteiger partial charge is 0.396 e. The van der Waals surface area contributed by atoms with E-state index in [9.17, 15) is 4.79 Å². The van der Waals surface area contributed by atoms with Gasteiger partial charge in [0.05, 0.1) is 11.6 Å². The van der Waals surface area contributed by atoms with Crippen molar-refractivity contribution >= 4 is 5.91 Å². The summed E-state index contributed by atoms with van der Waals surface area (Å²) in [6.07, 6.45) is 1.92. The van der Waals surface area contributed by atoms with E-state index in [4.69, 9.17) is 10.4 Å². The third-order valence-electron chi connectivity index (χ3n) is 2.98. The summed E-state index contributed by atoms with van der Waals surface area (Å²) < 4.78 is 0. The summed E-state index contributed by atoms with van der Waals surface area (Å²) in [5.41, 5.74) is 1.68. The van der Waals surface area contributed by atoms with Crippen molar-refractivity contribution < 1.29 is 9.90 Å². The quantitative estimate of drug-likeness (QED) is 0.772. The molecule has 0 radical (unpaired) electrons. The van der Waals surface area contributed by atoms with Gasteiger partial charge in [-0.3, -0.25) is 4.79 Å². The lowest BCUT2D eigenvalue weighted by Gasteiger charge is -2.17. The number of nitriles is 1. The molecule has 1 unspecified atom stereocenters. The molecule has 0 bridgehead atoms. The molecule has 2 rings (SSSR count). The van der Waals surface area contributed by atoms with Gasteiger partial charge >= 0.3 is 0 Å². The lowest BCUT2D eigenvalue weighted by molar-refractivity contribution is 0.0925. The number of aliphatic hydroxyl groups excluding tert-OH is 1. The first-order valence-corrected chi connectivity index (χ1v) is 6.29. The molecule has 2 aromatic rings. The van der Waals surface area contributed by atoms with E-state index in [0.717, 1.165) is 5.56 Å². The Kier molecular flexibility index (Phi) is 4.53. The van der Waals surface area contributed by atoms with Gasteiger partial charge in [-0.15, -0.1) is 0 Å². The number of carbonyl (C=O) groups excluding carboxylic acids is 1. The zero-order valence-electron chi connectivity index (χ0n) is 10.8. The highest BCUT2D eigenvalue weighted by Gasteiger charge is 2.16. The normalized spacial score (nSPS) is 11.6. The van der Waals surface area contributed by atoms with Crippen molar-refractivity contribution in [2.45, 2.75) is 12.5 Å². The smallest absolute Gasteiger partial charge is 0.268 e. The Bertz CT molecular complexity index is 614. The minimum Gasteiger partial charge on any atom is -0.396 e. The van der Waals surface area contributed by atoms with Crippen LogP contribution in [0.5, 0.6) is 0 Å². The van der Waals surface area contributed by atoms with E-state index in [1.807, 2.05) is 36.4 Å². The maximum atomic E-state index is 12.1. The first-order chi connectivity index (χ1) is 9.74. The van der Waals surface area contributed by atoms with Gasteiger partial charge in [0.2, 0.25) is 0 Å². The molecule has 0 fully saturated rings. The number of aliphatic hydroxyl groups is 1. The average molecular weight is 269 g/mol. The molecule has 1 aromatic carbocycles. The van der Waals surface area contributed by atoms with Crippen LogP contribution in [0.1, 0.15) is 34.1 Å². The molecular formula is C15H15N3O2. The van der Waals surface area contributed by atoms with Crippen LogP contribution in [-0.2, 0) is 0 Å². The van der Waals surface area contributed by atoms with Crippen LogP contribution >= 0.6 is 0 Å². The van der Waals surface area contributed by atoms with Crippen molar-refractivity contribution in [3.8, 4) is 6.07 Å². The van der Waals surface area contributed by atoms with Gasteiger partial charge in [-0.2, -0.15) is 5.26 Å². The van der Waals surface area contributed by atoms with Crippen molar-refractivity contribution in [1.29, 1.82) is 5.26 Å². The first-order valence-electron chi connectivity index (χ1n) is 6.29. The molecule has 0 aliphatic heterocycles. The van der Waals surface area contributed by atoms with Gasteiger partial charge in [0.25, 0.3) is 5.91 Å². The second kappa shape index (κ2) is 6.55. The number of aromatic nitrogens is 1. The van der Waals surface area contributed by atoms with E-state index in [-0.39, 0.29) is 18.6 Å². The lowest BCUT2D eigenvalue weighted by Crippen LogP contribution is -2.29. The number of hydrogen-bond acceptors (Lipinski definition) is 3. The molecule has 1 amide bonds. The molecule has 5 heteroatoms. The SMILES string of the molecule is N#Cc1c[nH]c(C(=O)NC(CCO)c2ccccc2)c1. The summed E-state index contributed by atoms with van der Waals surface area (Å²) in [4.78, 5) is 14.9. The van der Waals surface area contributed by atoms with E-state index in [1.54, 1.807) is 0 Å². The molecule has 102 valence electrons. The van der Waals surface area contributed by atoms with Crippen molar-refractivity contribution in [2.75, 3.05) is 6.61 Å². The van der Waals surface area contributed by atoms with E-state index in [0.29, 0.717) is 17.7 Å². The molecule has 20 heavy (non-hydrogen) atoms. The number of carbonyl (C=O) groups is 1. The summed E-state index contributed by atoms with van der Waals surface area (Å²) in [5.74, 6) is -0.297. The number of hydrogen-bond donors (Lipinski definition) is 3. The summed E-state index contributed by atoms with van der Waals surface area (Å²) in [7, 11) is 0. The number of nitrogens with one attached hydrogen (secondary N) is 2. The molecule has 0 saturated carbocycles. The number of amides is 1. The third kappa shape index (κ3) is 3.25. The zero-order valence-corrected chi connectivity index (χ0v) is 10.8. The second-order valence-electron chi connectivity index (χ2n) is 4.36. The van der Waals surface area contributed by atoms with Crippen LogP contribution < -0.4 is 5.32 Å². The summed E-state index contributed by atoms with van der Waals surface area (Å²) in [6.45, 7) is -0.0198. The van der Waals surface area contributed by atoms with Crippen LogP contribution in [0.2, 0.25) is 0 Å². The van der Waals surface area contributed by atoms with Gasteiger partial charge in [0.1, 0.15) is 11.8 Å². The lowest BCUT2D eigenvalue weighted by atomic mass is 10.0. The minimum absolute atomic E-state index is 0.0198. The number of aromatic amines is 1. The third-order valence-corrected chi connectivity index (χ3v) is 2.98. The Morgan fingerprint density at radius 3 is 2.75 bits per heavy atom. The highest BCUT2D eigenvalue weighted by molar-refractivity contribution is 5.93. The molecule has 1 aromatic heterocycles. The van der Waals surface area contributed by atoms with E-state index >= 15 is 0 Å². The molecule has 0 saturated heterocycles. The number of nitrogens with zero attached hydrogens (tertiary/aromatic N) is 1. The van der Waals surface area contributed by atoms with Gasteiger partial charge < -0.3 is 15.4 Å². The highest BCUT2D eigenvalue weighted by Crippen LogP contribution is 2.16. The zero-order chi connectivity index (χ0) is 14.4. The minimum atomic E-state index is -0.297. The number of benzene rings is 1. The Morgan fingerprint density at radius 2 is 2.15 bits per heavy atom. The molecule has 1 heterocycles. The highest BCUT2D eigenvalue weighted by atomic mass is 16.3. The topological polar surface area (TPSA) is 88.9 Å². The average Bonchev–Trinajstić information content (AvgIpc) is 2.97. The molecule has 0 aliphatic rings. The summed E-state index contributed by atoms with van der Waals surface area (Å²) in [6, 6.07) is 12.7. The maximum Gasteiger partial charge on any atom is 0.268 e. The van der Waals surface area contributed by atoms with Crippen molar-refractivity contribution in [3.05, 3.63) is 59.4 Å². The Balaban J connectivity index is 2.12. The van der Waals surface area contributed by atoms with E-state index < -0.39 is 0 Å². The maximum absolute atomic E-state index is 12.1. The monoisotopic (exact) mass is 269 g/mol. The van der Waals surface area contributed by atoms with Crippen molar-refractivity contribution in [2.24, 2.45) is 0 Å². The van der Waals surface area contributed by atoms with Crippen LogP contribution in [0.25, 0.3) is 0 Å². The summed E-state index contributed by atoms with van der Waals surface area (Å²) in [5, 5.41) is 20.7. The fourth-order valence-electron chi connectivity index (χ4n) is 1.96. The first kappa shape index (κ1) is 13.8. The predicted octanol–water partition coefficient (Wildman–Crippen LogP) is 1.74. The molecule has 5 nitrogen and oxygen atoms in total. The van der Waals surface area contributed by atoms with Crippen LogP contribution in [0.3, 0.4) is 0 Å². The summed E-state index contributed by atoms with van der Waals surface area (Å²) >= 11 is 0. The van der Waals surface area contributed by atoms with E-state index in [1.165, 1.54) is 12.3 Å². The van der Waals surface area contributed by atoms with Crippen molar-refractivity contribution in [3.63, 3.8) is 0 Å². The van der Waals surface area contributed by atoms with Crippen LogP contribution in [0.4, 0.5) is 0 Å². The fraction of sp³-hybridized carbons (Fsp3) is 0.200. The molecular weight excluding hydrogens is 254 g/mol. The Morgan fingerprint density at radius 1 is 1.40 bits per heavy atom. The molecule has 0 spiro atoms. The number of rotatable bonds is 5. The standard InChI is InChI=1S/C15H15N3O2/c16-9-11-8-14(17-10-11)15(20)18-13(6-7-19)12-4-2-1-3-5-12/h1-5,8,10,13,17,19H,6-7H2,(H,18,20). The van der Waals surface area contributed by atoms with Crippen molar-refractivity contribution in [1.82, 2.24) is 10.3 Å². The predicted molar refractivity (Wildman–Crippen MR) is 73.9 cm³/mol. The number of H-pyrrole nitrogens is 1. The Hall–Kier alpha value is -2.58. The molecule has 1 atom stereocenters. The van der Waals surface area contributed by atoms with Gasteiger partial charge in [-0.05, 0) is 18.1 Å². The van der Waals surface area contributed by atoms with Crippen LogP contribution in [0, 0.1) is 11.3 Å². The fourth-order valence-corrected chi connectivity index (χ4v) is 1.96. The molecule has 0 aliphatic carbocycles. The second-order valence-corrected chi connectivity index (χ2v) is 4.36. The van der Waals surface area contributed by atoms with E-state index in [2.05, 4.69) is 10.3 Å². The molecule has 3 N–H and O–H groups in total. The Labute approximate surface area is 116 Å². The van der Waals surface area contributed by atoms with Crippen LogP contribution in [-0.4, -0.2) is 22.6 Å². The van der Waals surface area contributed by atoms with Gasteiger partial charge in [-0.1, -0.05) is 30.3 Å².